The molecule has 5 amide bonds. The van der Waals surface area contributed by atoms with Gasteiger partial charge in [-0.05, 0) is 80.9 Å². The standard InChI is InChI=1S/C33H42Cl2N6O3/c34-27-9-8-23(20-28(27)35)21-30(31(42)39-16-10-25(11-17-39)38-14-4-1-5-15-38)37-32(43)40-18-12-26(13-19-40)41-22-24-6-2-3-7-29(24)36-33(41)44/h2-3,6-9,20,25-26,30H,1,4-5,10-19,21-22H2,(H,36,44)(H,37,43). The van der Waals surface area contributed by atoms with Crippen LogP contribution in [-0.2, 0) is 17.8 Å². The summed E-state index contributed by atoms with van der Waals surface area (Å²) in [5.41, 5.74) is 2.80. The van der Waals surface area contributed by atoms with E-state index in [1.807, 2.05) is 40.1 Å². The zero-order valence-corrected chi connectivity index (χ0v) is 26.7. The molecule has 2 aromatic rings. The minimum Gasteiger partial charge on any atom is -0.341 e. The summed E-state index contributed by atoms with van der Waals surface area (Å²) in [5, 5.41) is 6.95. The Morgan fingerprint density at radius 3 is 2.25 bits per heavy atom. The Morgan fingerprint density at radius 2 is 1.52 bits per heavy atom. The first kappa shape index (κ1) is 31.0. The summed E-state index contributed by atoms with van der Waals surface area (Å²) in [6.07, 6.45) is 7.43. The van der Waals surface area contributed by atoms with Gasteiger partial charge in [-0.15, -0.1) is 0 Å². The van der Waals surface area contributed by atoms with Crippen molar-refractivity contribution in [2.45, 2.75) is 76.0 Å². The number of rotatable bonds is 6. The number of hydrogen-bond donors (Lipinski definition) is 2. The van der Waals surface area contributed by atoms with Crippen molar-refractivity contribution in [1.29, 1.82) is 0 Å². The van der Waals surface area contributed by atoms with Gasteiger partial charge >= 0.3 is 12.1 Å². The van der Waals surface area contributed by atoms with Crippen LogP contribution in [0.4, 0.5) is 15.3 Å². The average molecular weight is 642 g/mol. The zero-order chi connectivity index (χ0) is 30.6. The first-order valence-electron chi connectivity index (χ1n) is 16.0. The molecule has 0 aromatic heterocycles. The average Bonchev–Trinajstić information content (AvgIpc) is 3.06. The molecular weight excluding hydrogens is 599 g/mol. The summed E-state index contributed by atoms with van der Waals surface area (Å²) in [4.78, 5) is 48.5. The minimum atomic E-state index is -0.714. The number of fused-ring (bicyclic) bond motifs is 1. The van der Waals surface area contributed by atoms with E-state index in [-0.39, 0.29) is 24.0 Å². The first-order chi connectivity index (χ1) is 21.4. The molecule has 2 N–H and O–H groups in total. The number of likely N-dealkylation sites (tertiary alicyclic amines) is 3. The maximum atomic E-state index is 13.9. The van der Waals surface area contributed by atoms with Crippen molar-refractivity contribution in [2.75, 3.05) is 44.6 Å². The number of halogens is 2. The third kappa shape index (κ3) is 7.11. The molecule has 1 unspecified atom stereocenters. The summed E-state index contributed by atoms with van der Waals surface area (Å²) in [5.74, 6) is -0.0555. The molecule has 2 aromatic carbocycles. The highest BCUT2D eigenvalue weighted by molar-refractivity contribution is 6.42. The molecule has 0 bridgehead atoms. The van der Waals surface area contributed by atoms with E-state index in [0.717, 1.165) is 42.7 Å². The summed E-state index contributed by atoms with van der Waals surface area (Å²) in [6.45, 7) is 5.28. The van der Waals surface area contributed by atoms with E-state index in [2.05, 4.69) is 15.5 Å². The number of amides is 5. The van der Waals surface area contributed by atoms with Crippen molar-refractivity contribution in [2.24, 2.45) is 0 Å². The van der Waals surface area contributed by atoms with Gasteiger partial charge in [0.1, 0.15) is 6.04 Å². The van der Waals surface area contributed by atoms with E-state index in [1.165, 1.54) is 19.3 Å². The van der Waals surface area contributed by atoms with Gasteiger partial charge in [0.2, 0.25) is 5.91 Å². The Hall–Kier alpha value is -3.01. The normalized spacial score (nSPS) is 21.0. The van der Waals surface area contributed by atoms with Gasteiger partial charge in [0.25, 0.3) is 0 Å². The molecule has 0 radical (unpaired) electrons. The number of carbonyl (C=O) groups is 3. The number of benzene rings is 2. The molecule has 4 aliphatic rings. The molecule has 9 nitrogen and oxygen atoms in total. The fourth-order valence-electron chi connectivity index (χ4n) is 7.20. The summed E-state index contributed by atoms with van der Waals surface area (Å²) >= 11 is 12.4. The predicted octanol–water partition coefficient (Wildman–Crippen LogP) is 5.60. The van der Waals surface area contributed by atoms with Gasteiger partial charge in [-0.2, -0.15) is 0 Å². The van der Waals surface area contributed by atoms with Gasteiger partial charge in [0.05, 0.1) is 10.0 Å². The smallest absolute Gasteiger partial charge is 0.322 e. The van der Waals surface area contributed by atoms with Crippen molar-refractivity contribution in [1.82, 2.24) is 24.9 Å². The SMILES string of the molecule is O=C(NC(Cc1ccc(Cl)c(Cl)c1)C(=O)N1CCC(N2CCCCC2)CC1)N1CCC(N2Cc3ccccc3NC2=O)CC1. The molecule has 1 atom stereocenters. The van der Waals surface area contributed by atoms with E-state index < -0.39 is 6.04 Å². The summed E-state index contributed by atoms with van der Waals surface area (Å²) in [7, 11) is 0. The van der Waals surface area contributed by atoms with E-state index in [9.17, 15) is 14.4 Å². The Bertz CT molecular complexity index is 1350. The van der Waals surface area contributed by atoms with Crippen molar-refractivity contribution in [3.63, 3.8) is 0 Å². The Morgan fingerprint density at radius 1 is 0.841 bits per heavy atom. The molecule has 44 heavy (non-hydrogen) atoms. The molecule has 3 fully saturated rings. The van der Waals surface area contributed by atoms with E-state index >= 15 is 0 Å². The van der Waals surface area contributed by atoms with E-state index in [4.69, 9.17) is 23.2 Å². The zero-order valence-electron chi connectivity index (χ0n) is 25.1. The van der Waals surface area contributed by atoms with Crippen LogP contribution >= 0.6 is 23.2 Å². The van der Waals surface area contributed by atoms with Crippen molar-refractivity contribution < 1.29 is 14.4 Å². The molecule has 236 valence electrons. The molecule has 0 spiro atoms. The van der Waals surface area contributed by atoms with Gasteiger partial charge in [-0.1, -0.05) is 53.9 Å². The first-order valence-corrected chi connectivity index (χ1v) is 16.8. The Kier molecular flexibility index (Phi) is 9.83. The van der Waals surface area contributed by atoms with Crippen molar-refractivity contribution >= 4 is 46.9 Å². The molecule has 11 heteroatoms. The van der Waals surface area contributed by atoms with Gasteiger partial charge in [0.15, 0.2) is 0 Å². The fourth-order valence-corrected chi connectivity index (χ4v) is 7.52. The van der Waals surface area contributed by atoms with Gasteiger partial charge < -0.3 is 30.2 Å². The number of piperidine rings is 3. The van der Waals surface area contributed by atoms with E-state index in [1.54, 1.807) is 17.0 Å². The fraction of sp³-hybridized carbons (Fsp3) is 0.545. The molecule has 0 aliphatic carbocycles. The van der Waals surface area contributed by atoms with Crippen LogP contribution in [0.5, 0.6) is 0 Å². The van der Waals surface area contributed by atoms with Crippen LogP contribution in [0.1, 0.15) is 56.1 Å². The van der Waals surface area contributed by atoms with Crippen molar-refractivity contribution in [3.8, 4) is 0 Å². The van der Waals surface area contributed by atoms with Crippen LogP contribution in [0.25, 0.3) is 0 Å². The highest BCUT2D eigenvalue weighted by Gasteiger charge is 2.35. The monoisotopic (exact) mass is 640 g/mol. The molecular formula is C33H42Cl2N6O3. The predicted molar refractivity (Wildman–Crippen MR) is 173 cm³/mol. The van der Waals surface area contributed by atoms with Crippen LogP contribution in [0.3, 0.4) is 0 Å². The number of anilines is 1. The quantitative estimate of drug-likeness (QED) is 0.430. The number of urea groups is 2. The second kappa shape index (κ2) is 14.0. The molecule has 4 aliphatic heterocycles. The number of hydrogen-bond acceptors (Lipinski definition) is 4. The van der Waals surface area contributed by atoms with Gasteiger partial charge in [-0.25, -0.2) is 9.59 Å². The highest BCUT2D eigenvalue weighted by Crippen LogP contribution is 2.28. The Labute approximate surface area is 269 Å². The maximum absolute atomic E-state index is 13.9. The van der Waals surface area contributed by atoms with Crippen LogP contribution in [0.15, 0.2) is 42.5 Å². The van der Waals surface area contributed by atoms with E-state index in [0.29, 0.717) is 68.1 Å². The lowest BCUT2D eigenvalue weighted by atomic mass is 9.98. The third-order valence-corrected chi connectivity index (χ3v) is 10.5. The number of nitrogens with one attached hydrogen (secondary N) is 2. The number of para-hydroxylation sites is 1. The molecule has 3 saturated heterocycles. The van der Waals surface area contributed by atoms with Crippen LogP contribution < -0.4 is 10.6 Å². The van der Waals surface area contributed by atoms with Crippen LogP contribution in [-0.4, -0.2) is 95.0 Å². The lowest BCUT2D eigenvalue weighted by Crippen LogP contribution is -2.57. The third-order valence-electron chi connectivity index (χ3n) is 9.76. The van der Waals surface area contributed by atoms with Crippen molar-refractivity contribution in [3.05, 3.63) is 63.6 Å². The lowest BCUT2D eigenvalue weighted by molar-refractivity contribution is -0.134. The van der Waals surface area contributed by atoms with Gasteiger partial charge in [0, 0.05) is 56.9 Å². The topological polar surface area (TPSA) is 88.2 Å². The maximum Gasteiger partial charge on any atom is 0.322 e. The minimum absolute atomic E-state index is 0.0437. The van der Waals surface area contributed by atoms with Gasteiger partial charge in [-0.3, -0.25) is 4.79 Å². The molecule has 0 saturated carbocycles. The number of nitrogens with zero attached hydrogens (tertiary/aromatic N) is 4. The molecule has 4 heterocycles. The lowest BCUT2D eigenvalue weighted by Gasteiger charge is -2.42. The summed E-state index contributed by atoms with van der Waals surface area (Å²) in [6, 6.07) is 12.7. The van der Waals surface area contributed by atoms with Crippen LogP contribution in [0, 0.1) is 0 Å². The summed E-state index contributed by atoms with van der Waals surface area (Å²) < 4.78 is 0. The largest absolute Gasteiger partial charge is 0.341 e. The number of carbonyl (C=O) groups excluding carboxylic acids is 3. The van der Waals surface area contributed by atoms with Crippen LogP contribution in [0.2, 0.25) is 10.0 Å². The Balaban J connectivity index is 1.08. The highest BCUT2D eigenvalue weighted by atomic mass is 35.5. The molecule has 6 rings (SSSR count). The second-order valence-corrected chi connectivity index (χ2v) is 13.4. The second-order valence-electron chi connectivity index (χ2n) is 12.5.